The van der Waals surface area contributed by atoms with E-state index in [4.69, 9.17) is 9.47 Å². The van der Waals surface area contributed by atoms with Crippen molar-refractivity contribution < 1.29 is 14.3 Å². The molecule has 0 unspecified atom stereocenters. The molecule has 1 aromatic heterocycles. The quantitative estimate of drug-likeness (QED) is 0.489. The summed E-state index contributed by atoms with van der Waals surface area (Å²) >= 11 is 0. The molecule has 0 aliphatic carbocycles. The van der Waals surface area contributed by atoms with E-state index in [1.54, 1.807) is 35.5 Å². The highest BCUT2D eigenvalue weighted by Crippen LogP contribution is 2.29. The molecule has 0 aliphatic rings. The fourth-order valence-electron chi connectivity index (χ4n) is 3.16. The lowest BCUT2D eigenvalue weighted by Gasteiger charge is -2.19. The number of benzene rings is 2. The molecule has 30 heavy (non-hydrogen) atoms. The average molecular weight is 405 g/mol. The molecule has 3 rings (SSSR count). The highest BCUT2D eigenvalue weighted by molar-refractivity contribution is 5.94. The number of ether oxygens (including phenoxy) is 2. The van der Waals surface area contributed by atoms with E-state index < -0.39 is 0 Å². The largest absolute Gasteiger partial charge is 0.490 e. The van der Waals surface area contributed by atoms with Gasteiger partial charge in [-0.15, -0.1) is 0 Å². The van der Waals surface area contributed by atoms with Gasteiger partial charge in [0, 0.05) is 31.5 Å². The van der Waals surface area contributed by atoms with Crippen molar-refractivity contribution in [2.45, 2.75) is 26.4 Å². The second-order valence-corrected chi connectivity index (χ2v) is 7.05. The monoisotopic (exact) mass is 404 g/mol. The molecule has 156 valence electrons. The molecule has 1 amide bonds. The Morgan fingerprint density at radius 1 is 0.933 bits per heavy atom. The Kier molecular flexibility index (Phi) is 7.84. The zero-order chi connectivity index (χ0) is 21.2. The standard InChI is InChI=1S/C25H28N2O3/c1-3-29-24-18-22(11-12-23(24)30-19-21-13-15-26-16-14-21)25(28)27(2)17-7-10-20-8-5-4-6-9-20/h4-6,8-9,11-16,18H,3,7,10,17,19H2,1-2H3. The number of nitrogens with zero attached hydrogens (tertiary/aromatic N) is 2. The summed E-state index contributed by atoms with van der Waals surface area (Å²) < 4.78 is 11.6. The molecule has 0 radical (unpaired) electrons. The molecule has 0 saturated heterocycles. The van der Waals surface area contributed by atoms with E-state index in [1.165, 1.54) is 5.56 Å². The zero-order valence-corrected chi connectivity index (χ0v) is 17.6. The number of aryl methyl sites for hydroxylation is 1. The van der Waals surface area contributed by atoms with Gasteiger partial charge in [0.1, 0.15) is 6.61 Å². The van der Waals surface area contributed by atoms with Crippen LogP contribution in [0.3, 0.4) is 0 Å². The summed E-state index contributed by atoms with van der Waals surface area (Å²) in [5, 5.41) is 0. The second kappa shape index (κ2) is 11.0. The van der Waals surface area contributed by atoms with Crippen LogP contribution in [0.4, 0.5) is 0 Å². The molecule has 0 atom stereocenters. The van der Waals surface area contributed by atoms with Crippen LogP contribution < -0.4 is 9.47 Å². The number of carbonyl (C=O) groups excluding carboxylic acids is 1. The summed E-state index contributed by atoms with van der Waals surface area (Å²) in [6.07, 6.45) is 5.33. The van der Waals surface area contributed by atoms with E-state index in [9.17, 15) is 4.79 Å². The van der Waals surface area contributed by atoms with Gasteiger partial charge in [-0.1, -0.05) is 30.3 Å². The van der Waals surface area contributed by atoms with Crippen molar-refractivity contribution in [1.82, 2.24) is 9.88 Å². The average Bonchev–Trinajstić information content (AvgIpc) is 2.79. The maximum absolute atomic E-state index is 12.9. The van der Waals surface area contributed by atoms with Crippen LogP contribution in [-0.2, 0) is 13.0 Å². The minimum atomic E-state index is -0.0234. The van der Waals surface area contributed by atoms with Crippen molar-refractivity contribution in [3.8, 4) is 11.5 Å². The maximum atomic E-state index is 12.9. The molecule has 5 heteroatoms. The number of hydrogen-bond acceptors (Lipinski definition) is 4. The van der Waals surface area contributed by atoms with E-state index in [1.807, 2.05) is 44.3 Å². The van der Waals surface area contributed by atoms with Crippen LogP contribution >= 0.6 is 0 Å². The molecule has 0 aliphatic heterocycles. The van der Waals surface area contributed by atoms with E-state index in [-0.39, 0.29) is 5.91 Å². The minimum absolute atomic E-state index is 0.0234. The number of amides is 1. The van der Waals surface area contributed by atoms with Crippen molar-refractivity contribution in [3.05, 3.63) is 89.7 Å². The summed E-state index contributed by atoms with van der Waals surface area (Å²) in [7, 11) is 1.83. The van der Waals surface area contributed by atoms with Crippen molar-refractivity contribution in [3.63, 3.8) is 0 Å². The first-order valence-electron chi connectivity index (χ1n) is 10.3. The molecule has 0 spiro atoms. The van der Waals surface area contributed by atoms with Crippen LogP contribution in [0.25, 0.3) is 0 Å². The van der Waals surface area contributed by atoms with Gasteiger partial charge in [-0.25, -0.2) is 0 Å². The topological polar surface area (TPSA) is 51.7 Å². The highest BCUT2D eigenvalue weighted by Gasteiger charge is 2.15. The summed E-state index contributed by atoms with van der Waals surface area (Å²) in [6, 6.07) is 19.5. The molecule has 1 heterocycles. The van der Waals surface area contributed by atoms with Crippen LogP contribution in [0.15, 0.2) is 73.1 Å². The van der Waals surface area contributed by atoms with Gasteiger partial charge < -0.3 is 14.4 Å². The summed E-state index contributed by atoms with van der Waals surface area (Å²) in [4.78, 5) is 18.6. The van der Waals surface area contributed by atoms with Gasteiger partial charge in [-0.05, 0) is 61.2 Å². The van der Waals surface area contributed by atoms with E-state index in [0.717, 1.165) is 18.4 Å². The van der Waals surface area contributed by atoms with Crippen LogP contribution in [0.1, 0.15) is 34.8 Å². The Hall–Kier alpha value is -3.34. The molecule has 3 aromatic rings. The first-order valence-corrected chi connectivity index (χ1v) is 10.3. The number of aromatic nitrogens is 1. The SMILES string of the molecule is CCOc1cc(C(=O)N(C)CCCc2ccccc2)ccc1OCc1ccncc1. The molecule has 0 fully saturated rings. The first-order chi connectivity index (χ1) is 14.7. The van der Waals surface area contributed by atoms with Gasteiger partial charge in [0.25, 0.3) is 5.91 Å². The molecule has 2 aromatic carbocycles. The van der Waals surface area contributed by atoms with Crippen molar-refractivity contribution >= 4 is 5.91 Å². The number of hydrogen-bond donors (Lipinski definition) is 0. The normalized spacial score (nSPS) is 10.5. The third kappa shape index (κ3) is 6.08. The summed E-state index contributed by atoms with van der Waals surface area (Å²) in [6.45, 7) is 3.51. The van der Waals surface area contributed by atoms with Crippen molar-refractivity contribution in [2.24, 2.45) is 0 Å². The van der Waals surface area contributed by atoms with Gasteiger partial charge in [0.2, 0.25) is 0 Å². The second-order valence-electron chi connectivity index (χ2n) is 7.05. The van der Waals surface area contributed by atoms with Gasteiger partial charge >= 0.3 is 0 Å². The molecular formula is C25H28N2O3. The number of carbonyl (C=O) groups is 1. The molecule has 0 bridgehead atoms. The lowest BCUT2D eigenvalue weighted by molar-refractivity contribution is 0.0793. The molecule has 0 N–H and O–H groups in total. The minimum Gasteiger partial charge on any atom is -0.490 e. The van der Waals surface area contributed by atoms with Crippen LogP contribution in [0, 0.1) is 0 Å². The highest BCUT2D eigenvalue weighted by atomic mass is 16.5. The molecule has 5 nitrogen and oxygen atoms in total. The fourth-order valence-corrected chi connectivity index (χ4v) is 3.16. The number of pyridine rings is 1. The van der Waals surface area contributed by atoms with Gasteiger partial charge in [-0.3, -0.25) is 9.78 Å². The van der Waals surface area contributed by atoms with Crippen LogP contribution in [-0.4, -0.2) is 36.0 Å². The van der Waals surface area contributed by atoms with Crippen LogP contribution in [0.2, 0.25) is 0 Å². The third-order valence-electron chi connectivity index (χ3n) is 4.78. The Bertz CT molecular complexity index is 930. The Morgan fingerprint density at radius 3 is 2.43 bits per heavy atom. The fraction of sp³-hybridized carbons (Fsp3) is 0.280. The number of rotatable bonds is 10. The Labute approximate surface area is 178 Å². The maximum Gasteiger partial charge on any atom is 0.253 e. The smallest absolute Gasteiger partial charge is 0.253 e. The van der Waals surface area contributed by atoms with E-state index in [2.05, 4.69) is 17.1 Å². The molecule has 0 saturated carbocycles. The van der Waals surface area contributed by atoms with E-state index >= 15 is 0 Å². The van der Waals surface area contributed by atoms with E-state index in [0.29, 0.717) is 36.8 Å². The van der Waals surface area contributed by atoms with Crippen molar-refractivity contribution in [2.75, 3.05) is 20.2 Å². The zero-order valence-electron chi connectivity index (χ0n) is 17.6. The summed E-state index contributed by atoms with van der Waals surface area (Å²) in [5.74, 6) is 1.18. The lowest BCUT2D eigenvalue weighted by atomic mass is 10.1. The van der Waals surface area contributed by atoms with Crippen molar-refractivity contribution in [1.29, 1.82) is 0 Å². The Morgan fingerprint density at radius 2 is 1.70 bits per heavy atom. The Balaban J connectivity index is 1.61. The van der Waals surface area contributed by atoms with Gasteiger partial charge in [-0.2, -0.15) is 0 Å². The molecular weight excluding hydrogens is 376 g/mol. The lowest BCUT2D eigenvalue weighted by Crippen LogP contribution is -2.28. The van der Waals surface area contributed by atoms with Crippen LogP contribution in [0.5, 0.6) is 11.5 Å². The first kappa shape index (κ1) is 21.4. The predicted molar refractivity (Wildman–Crippen MR) is 118 cm³/mol. The van der Waals surface area contributed by atoms with Gasteiger partial charge in [0.05, 0.1) is 6.61 Å². The predicted octanol–water partition coefficient (Wildman–Crippen LogP) is 4.76. The summed E-state index contributed by atoms with van der Waals surface area (Å²) in [5.41, 5.74) is 2.90. The van der Waals surface area contributed by atoms with Gasteiger partial charge in [0.15, 0.2) is 11.5 Å². The third-order valence-corrected chi connectivity index (χ3v) is 4.78.